The van der Waals surface area contributed by atoms with Crippen LogP contribution in [-0.4, -0.2) is 17.9 Å². The zero-order valence-corrected chi connectivity index (χ0v) is 16.4. The number of likely N-dealkylation sites (N-methyl/N-ethyl adjacent to an activating group) is 1. The summed E-state index contributed by atoms with van der Waals surface area (Å²) in [7, 11) is 1.79. The molecule has 0 fully saturated rings. The lowest BCUT2D eigenvalue weighted by atomic mass is 10.0. The Morgan fingerprint density at radius 3 is 2.19 bits per heavy atom. The van der Waals surface area contributed by atoms with Gasteiger partial charge in [0.25, 0.3) is 5.91 Å². The van der Waals surface area contributed by atoms with Crippen LogP contribution < -0.4 is 0 Å². The van der Waals surface area contributed by atoms with Gasteiger partial charge in [0.05, 0.1) is 0 Å². The molecule has 0 atom stereocenters. The van der Waals surface area contributed by atoms with Crippen molar-refractivity contribution in [2.24, 2.45) is 0 Å². The first kappa shape index (κ1) is 19.2. The molecule has 0 heterocycles. The molecule has 0 N–H and O–H groups in total. The van der Waals surface area contributed by atoms with Crippen LogP contribution in [0.4, 0.5) is 0 Å². The topological polar surface area (TPSA) is 20.3 Å². The van der Waals surface area contributed by atoms with Crippen LogP contribution >= 0.6 is 23.2 Å². The molecule has 0 aliphatic rings. The predicted octanol–water partition coefficient (Wildman–Crippen LogP) is 6.19. The monoisotopic (exact) mass is 395 g/mol. The lowest BCUT2D eigenvalue weighted by Crippen LogP contribution is -2.27. The van der Waals surface area contributed by atoms with Gasteiger partial charge in [0, 0.05) is 29.2 Å². The van der Waals surface area contributed by atoms with E-state index in [1.165, 1.54) is 0 Å². The van der Waals surface area contributed by atoms with Crippen molar-refractivity contribution in [3.63, 3.8) is 0 Å². The second-order valence-corrected chi connectivity index (χ2v) is 7.08. The van der Waals surface area contributed by atoms with Crippen LogP contribution in [0.5, 0.6) is 0 Å². The quantitative estimate of drug-likeness (QED) is 0.372. The maximum Gasteiger partial charge on any atom is 0.254 e. The average molecular weight is 396 g/mol. The Bertz CT molecular complexity index is 950. The number of amides is 1. The second kappa shape index (κ2) is 8.90. The number of rotatable bonds is 5. The first-order valence-electron chi connectivity index (χ1n) is 8.56. The Kier molecular flexibility index (Phi) is 6.33. The van der Waals surface area contributed by atoms with Gasteiger partial charge in [-0.1, -0.05) is 83.9 Å². The molecule has 0 saturated heterocycles. The van der Waals surface area contributed by atoms with Crippen molar-refractivity contribution >= 4 is 40.8 Å². The van der Waals surface area contributed by atoms with Crippen molar-refractivity contribution in [1.82, 2.24) is 4.90 Å². The fraction of sp³-hybridized carbons (Fsp3) is 0.0870. The summed E-state index contributed by atoms with van der Waals surface area (Å²) >= 11 is 12.2. The van der Waals surface area contributed by atoms with Gasteiger partial charge in [-0.2, -0.15) is 0 Å². The standard InChI is InChI=1S/C23H19Cl2NO/c1-26(16-17-11-13-20(24)14-12-17)23(27)21(18-7-3-2-4-8-18)15-19-9-5-6-10-22(19)25/h2-15H,16H2,1H3/b21-15+. The number of carbonyl (C=O) groups excluding carboxylic acids is 1. The zero-order valence-electron chi connectivity index (χ0n) is 14.9. The Morgan fingerprint density at radius 1 is 0.889 bits per heavy atom. The van der Waals surface area contributed by atoms with Crippen molar-refractivity contribution in [2.75, 3.05) is 7.05 Å². The fourth-order valence-electron chi connectivity index (χ4n) is 2.78. The SMILES string of the molecule is CN(Cc1ccc(Cl)cc1)C(=O)/C(=C/c1ccccc1Cl)c1ccccc1. The van der Waals surface area contributed by atoms with Gasteiger partial charge in [-0.3, -0.25) is 4.79 Å². The van der Waals surface area contributed by atoms with E-state index in [1.54, 1.807) is 11.9 Å². The van der Waals surface area contributed by atoms with Crippen molar-refractivity contribution in [3.05, 3.63) is 106 Å². The summed E-state index contributed by atoms with van der Waals surface area (Å²) in [6, 6.07) is 24.6. The van der Waals surface area contributed by atoms with E-state index < -0.39 is 0 Å². The fourth-order valence-corrected chi connectivity index (χ4v) is 3.09. The van der Waals surface area contributed by atoms with Crippen LogP contribution in [0, 0.1) is 0 Å². The maximum atomic E-state index is 13.2. The van der Waals surface area contributed by atoms with E-state index in [1.807, 2.05) is 84.9 Å². The number of benzene rings is 3. The van der Waals surface area contributed by atoms with Crippen LogP contribution in [0.1, 0.15) is 16.7 Å². The highest BCUT2D eigenvalue weighted by Crippen LogP contribution is 2.25. The van der Waals surface area contributed by atoms with E-state index >= 15 is 0 Å². The molecule has 3 aromatic rings. The summed E-state index contributed by atoms with van der Waals surface area (Å²) in [5, 5.41) is 1.29. The van der Waals surface area contributed by atoms with Crippen LogP contribution in [-0.2, 0) is 11.3 Å². The van der Waals surface area contributed by atoms with E-state index in [0.29, 0.717) is 22.2 Å². The van der Waals surface area contributed by atoms with Gasteiger partial charge in [0.1, 0.15) is 0 Å². The third kappa shape index (κ3) is 5.00. The molecule has 3 rings (SSSR count). The molecule has 0 spiro atoms. The molecule has 0 aliphatic heterocycles. The largest absolute Gasteiger partial charge is 0.337 e. The van der Waals surface area contributed by atoms with Crippen LogP contribution in [0.15, 0.2) is 78.9 Å². The number of nitrogens with zero attached hydrogens (tertiary/aromatic N) is 1. The van der Waals surface area contributed by atoms with Gasteiger partial charge in [-0.15, -0.1) is 0 Å². The summed E-state index contributed by atoms with van der Waals surface area (Å²) in [5.74, 6) is -0.0731. The van der Waals surface area contributed by atoms with Gasteiger partial charge in [-0.25, -0.2) is 0 Å². The lowest BCUT2D eigenvalue weighted by Gasteiger charge is -2.20. The first-order valence-corrected chi connectivity index (χ1v) is 9.32. The molecule has 136 valence electrons. The Labute approximate surface area is 169 Å². The van der Waals surface area contributed by atoms with Gasteiger partial charge >= 0.3 is 0 Å². The lowest BCUT2D eigenvalue weighted by molar-refractivity contribution is -0.124. The summed E-state index contributed by atoms with van der Waals surface area (Å²) in [5.41, 5.74) is 3.28. The van der Waals surface area contributed by atoms with E-state index in [4.69, 9.17) is 23.2 Å². The zero-order chi connectivity index (χ0) is 19.2. The van der Waals surface area contributed by atoms with Gasteiger partial charge in [0.2, 0.25) is 0 Å². The number of hydrogen-bond acceptors (Lipinski definition) is 1. The minimum absolute atomic E-state index is 0.0731. The van der Waals surface area contributed by atoms with E-state index in [2.05, 4.69) is 0 Å². The molecule has 0 aromatic heterocycles. The minimum atomic E-state index is -0.0731. The van der Waals surface area contributed by atoms with E-state index in [-0.39, 0.29) is 5.91 Å². The summed E-state index contributed by atoms with van der Waals surface area (Å²) in [6.45, 7) is 0.489. The number of halogens is 2. The smallest absolute Gasteiger partial charge is 0.254 e. The number of hydrogen-bond donors (Lipinski definition) is 0. The average Bonchev–Trinajstić information content (AvgIpc) is 2.69. The van der Waals surface area contributed by atoms with Crippen molar-refractivity contribution in [1.29, 1.82) is 0 Å². The van der Waals surface area contributed by atoms with Crippen LogP contribution in [0.3, 0.4) is 0 Å². The molecule has 0 radical (unpaired) electrons. The van der Waals surface area contributed by atoms with Crippen LogP contribution in [0.2, 0.25) is 10.0 Å². The molecule has 2 nitrogen and oxygen atoms in total. The Morgan fingerprint density at radius 2 is 1.52 bits per heavy atom. The minimum Gasteiger partial charge on any atom is -0.337 e. The molecule has 0 aliphatic carbocycles. The maximum absolute atomic E-state index is 13.2. The molecule has 1 amide bonds. The van der Waals surface area contributed by atoms with Crippen molar-refractivity contribution < 1.29 is 4.79 Å². The van der Waals surface area contributed by atoms with Crippen LogP contribution in [0.25, 0.3) is 11.6 Å². The predicted molar refractivity (Wildman–Crippen MR) is 114 cm³/mol. The van der Waals surface area contributed by atoms with Crippen molar-refractivity contribution in [3.8, 4) is 0 Å². The molecule has 0 unspecified atom stereocenters. The Balaban J connectivity index is 1.93. The first-order chi connectivity index (χ1) is 13.0. The molecule has 4 heteroatoms. The van der Waals surface area contributed by atoms with E-state index in [9.17, 15) is 4.79 Å². The summed E-state index contributed by atoms with van der Waals surface area (Å²) in [4.78, 5) is 14.9. The number of carbonyl (C=O) groups is 1. The Hall–Kier alpha value is -2.55. The molecule has 0 saturated carbocycles. The third-order valence-electron chi connectivity index (χ3n) is 4.20. The molecular formula is C23H19Cl2NO. The van der Waals surface area contributed by atoms with Gasteiger partial charge in [0.15, 0.2) is 0 Å². The molecular weight excluding hydrogens is 377 g/mol. The highest BCUT2D eigenvalue weighted by atomic mass is 35.5. The second-order valence-electron chi connectivity index (χ2n) is 6.23. The third-order valence-corrected chi connectivity index (χ3v) is 4.80. The highest BCUT2D eigenvalue weighted by Gasteiger charge is 2.17. The highest BCUT2D eigenvalue weighted by molar-refractivity contribution is 6.33. The van der Waals surface area contributed by atoms with Gasteiger partial charge < -0.3 is 4.90 Å². The summed E-state index contributed by atoms with van der Waals surface area (Å²) < 4.78 is 0. The van der Waals surface area contributed by atoms with E-state index in [0.717, 1.165) is 16.7 Å². The molecule has 0 bridgehead atoms. The summed E-state index contributed by atoms with van der Waals surface area (Å²) in [6.07, 6.45) is 1.85. The molecule has 3 aromatic carbocycles. The van der Waals surface area contributed by atoms with Crippen molar-refractivity contribution in [2.45, 2.75) is 6.54 Å². The van der Waals surface area contributed by atoms with Gasteiger partial charge in [-0.05, 0) is 41.0 Å². The normalized spacial score (nSPS) is 11.3. The molecule has 27 heavy (non-hydrogen) atoms.